The number of aromatic nitrogens is 1. The Hall–Kier alpha value is -1.61. The third kappa shape index (κ3) is 1.98. The number of para-hydroxylation sites is 1. The number of rotatable bonds is 1. The smallest absolute Gasteiger partial charge is 0.340 e. The number of methoxy groups -OCH3 is 1. The first-order chi connectivity index (χ1) is 9.22. The van der Waals surface area contributed by atoms with Crippen LogP contribution in [-0.2, 0) is 17.6 Å². The molecular formula is C15H14ClNO2. The van der Waals surface area contributed by atoms with Crippen LogP contribution in [-0.4, -0.2) is 18.1 Å². The van der Waals surface area contributed by atoms with Crippen LogP contribution in [0, 0.1) is 0 Å². The van der Waals surface area contributed by atoms with Crippen LogP contribution >= 0.6 is 11.6 Å². The lowest BCUT2D eigenvalue weighted by Gasteiger charge is -2.18. The predicted octanol–water partition coefficient (Wildman–Crippen LogP) is 3.55. The standard InChI is InChI=1S/C15H14ClNO2/c1-19-15(18)11-7-4-6-10-13(16)9-5-2-3-8-12(9)17-14(10)11/h4,6-7H,2-3,5,8H2,1H3. The van der Waals surface area contributed by atoms with Crippen molar-refractivity contribution in [3.8, 4) is 0 Å². The predicted molar refractivity (Wildman–Crippen MR) is 74.7 cm³/mol. The molecule has 0 fully saturated rings. The third-order valence-corrected chi connectivity index (χ3v) is 4.06. The molecule has 4 heteroatoms. The number of aryl methyl sites for hydroxylation is 1. The number of carbonyl (C=O) groups excluding carboxylic acids is 1. The van der Waals surface area contributed by atoms with E-state index in [0.29, 0.717) is 11.1 Å². The maximum absolute atomic E-state index is 11.8. The molecule has 1 aromatic heterocycles. The average molecular weight is 276 g/mol. The molecule has 2 aromatic rings. The molecule has 0 unspecified atom stereocenters. The van der Waals surface area contributed by atoms with Crippen molar-refractivity contribution < 1.29 is 9.53 Å². The second kappa shape index (κ2) is 4.82. The Morgan fingerprint density at radius 1 is 1.32 bits per heavy atom. The van der Waals surface area contributed by atoms with Crippen LogP contribution in [0.4, 0.5) is 0 Å². The average Bonchev–Trinajstić information content (AvgIpc) is 2.46. The molecule has 3 nitrogen and oxygen atoms in total. The van der Waals surface area contributed by atoms with Gasteiger partial charge in [0.25, 0.3) is 0 Å². The summed E-state index contributed by atoms with van der Waals surface area (Å²) < 4.78 is 4.81. The lowest BCUT2D eigenvalue weighted by molar-refractivity contribution is 0.0603. The van der Waals surface area contributed by atoms with Crippen LogP contribution in [0.25, 0.3) is 10.9 Å². The summed E-state index contributed by atoms with van der Waals surface area (Å²) in [6, 6.07) is 5.45. The van der Waals surface area contributed by atoms with Gasteiger partial charge in [0.2, 0.25) is 0 Å². The zero-order chi connectivity index (χ0) is 13.4. The lowest BCUT2D eigenvalue weighted by atomic mass is 9.94. The summed E-state index contributed by atoms with van der Waals surface area (Å²) in [5.74, 6) is -0.370. The van der Waals surface area contributed by atoms with E-state index in [1.807, 2.05) is 12.1 Å². The minimum absolute atomic E-state index is 0.370. The molecule has 0 radical (unpaired) electrons. The molecule has 1 aliphatic rings. The molecule has 19 heavy (non-hydrogen) atoms. The fourth-order valence-electron chi connectivity index (χ4n) is 2.66. The van der Waals surface area contributed by atoms with Crippen LogP contribution in [0.2, 0.25) is 5.02 Å². The van der Waals surface area contributed by atoms with Crippen molar-refractivity contribution in [3.63, 3.8) is 0 Å². The number of hydrogen-bond donors (Lipinski definition) is 0. The number of esters is 1. The summed E-state index contributed by atoms with van der Waals surface area (Å²) in [6.07, 6.45) is 4.18. The Bertz CT molecular complexity index is 667. The molecule has 0 saturated carbocycles. The number of fused-ring (bicyclic) bond motifs is 2. The van der Waals surface area contributed by atoms with Gasteiger partial charge in [0, 0.05) is 11.1 Å². The molecule has 1 aromatic carbocycles. The van der Waals surface area contributed by atoms with Crippen LogP contribution in [0.1, 0.15) is 34.5 Å². The van der Waals surface area contributed by atoms with Gasteiger partial charge >= 0.3 is 5.97 Å². The molecule has 1 heterocycles. The molecule has 3 rings (SSSR count). The summed E-state index contributed by atoms with van der Waals surface area (Å²) in [6.45, 7) is 0. The maximum atomic E-state index is 11.8. The van der Waals surface area contributed by atoms with Gasteiger partial charge in [0.05, 0.1) is 23.2 Å². The van der Waals surface area contributed by atoms with E-state index >= 15 is 0 Å². The van der Waals surface area contributed by atoms with Crippen molar-refractivity contribution in [2.45, 2.75) is 25.7 Å². The molecule has 1 aliphatic carbocycles. The first kappa shape index (κ1) is 12.4. The van der Waals surface area contributed by atoms with E-state index < -0.39 is 0 Å². The van der Waals surface area contributed by atoms with Crippen molar-refractivity contribution >= 4 is 28.5 Å². The second-order valence-electron chi connectivity index (χ2n) is 4.75. The SMILES string of the molecule is COC(=O)c1cccc2c(Cl)c3c(nc12)CCCC3. The molecule has 0 spiro atoms. The molecule has 0 aliphatic heterocycles. The summed E-state index contributed by atoms with van der Waals surface area (Å²) >= 11 is 6.49. The Morgan fingerprint density at radius 2 is 2.11 bits per heavy atom. The number of pyridine rings is 1. The summed E-state index contributed by atoms with van der Waals surface area (Å²) in [5.41, 5.74) is 3.30. The molecule has 0 amide bonds. The molecule has 0 saturated heterocycles. The van der Waals surface area contributed by atoms with Crippen LogP contribution in [0.5, 0.6) is 0 Å². The largest absolute Gasteiger partial charge is 0.465 e. The number of nitrogens with zero attached hydrogens (tertiary/aromatic N) is 1. The molecule has 98 valence electrons. The van der Waals surface area contributed by atoms with Crippen molar-refractivity contribution in [3.05, 3.63) is 40.0 Å². The summed E-state index contributed by atoms with van der Waals surface area (Å²) in [7, 11) is 1.38. The fourth-order valence-corrected chi connectivity index (χ4v) is 3.02. The van der Waals surface area contributed by atoms with E-state index in [1.54, 1.807) is 6.07 Å². The van der Waals surface area contributed by atoms with Gasteiger partial charge in [-0.2, -0.15) is 0 Å². The normalized spacial score (nSPS) is 14.2. The Balaban J connectivity index is 2.32. The Labute approximate surface area is 116 Å². The second-order valence-corrected chi connectivity index (χ2v) is 5.13. The number of halogens is 1. The van der Waals surface area contributed by atoms with Gasteiger partial charge in [-0.3, -0.25) is 4.98 Å². The van der Waals surface area contributed by atoms with Crippen molar-refractivity contribution in [1.82, 2.24) is 4.98 Å². The highest BCUT2D eigenvalue weighted by molar-refractivity contribution is 6.36. The number of ether oxygens (including phenoxy) is 1. The first-order valence-corrected chi connectivity index (χ1v) is 6.78. The zero-order valence-corrected chi connectivity index (χ0v) is 11.5. The van der Waals surface area contributed by atoms with Gasteiger partial charge in [-0.25, -0.2) is 4.79 Å². The van der Waals surface area contributed by atoms with E-state index in [2.05, 4.69) is 4.98 Å². The highest BCUT2D eigenvalue weighted by Crippen LogP contribution is 2.34. The highest BCUT2D eigenvalue weighted by atomic mass is 35.5. The summed E-state index contributed by atoms with van der Waals surface area (Å²) in [4.78, 5) is 16.5. The molecule has 0 atom stereocenters. The first-order valence-electron chi connectivity index (χ1n) is 6.40. The van der Waals surface area contributed by atoms with Crippen molar-refractivity contribution in [2.75, 3.05) is 7.11 Å². The lowest BCUT2D eigenvalue weighted by Crippen LogP contribution is -2.09. The van der Waals surface area contributed by atoms with E-state index in [9.17, 15) is 4.79 Å². The Kier molecular flexibility index (Phi) is 3.15. The van der Waals surface area contributed by atoms with Crippen LogP contribution < -0.4 is 0 Å². The van der Waals surface area contributed by atoms with Gasteiger partial charge in [-0.1, -0.05) is 23.7 Å². The van der Waals surface area contributed by atoms with E-state index in [0.717, 1.165) is 47.3 Å². The topological polar surface area (TPSA) is 39.2 Å². The number of hydrogen-bond acceptors (Lipinski definition) is 3. The van der Waals surface area contributed by atoms with E-state index in [-0.39, 0.29) is 5.97 Å². The monoisotopic (exact) mass is 275 g/mol. The van der Waals surface area contributed by atoms with Crippen molar-refractivity contribution in [2.24, 2.45) is 0 Å². The zero-order valence-electron chi connectivity index (χ0n) is 10.7. The van der Waals surface area contributed by atoms with Gasteiger partial charge in [-0.05, 0) is 37.3 Å². The molecular weight excluding hydrogens is 262 g/mol. The van der Waals surface area contributed by atoms with Gasteiger partial charge < -0.3 is 4.74 Å². The number of benzene rings is 1. The molecule has 0 N–H and O–H groups in total. The Morgan fingerprint density at radius 3 is 2.89 bits per heavy atom. The molecule has 0 bridgehead atoms. The van der Waals surface area contributed by atoms with E-state index in [4.69, 9.17) is 16.3 Å². The van der Waals surface area contributed by atoms with Gasteiger partial charge in [0.1, 0.15) is 0 Å². The highest BCUT2D eigenvalue weighted by Gasteiger charge is 2.20. The number of carbonyl (C=O) groups is 1. The maximum Gasteiger partial charge on any atom is 0.340 e. The van der Waals surface area contributed by atoms with Crippen molar-refractivity contribution in [1.29, 1.82) is 0 Å². The quantitative estimate of drug-likeness (QED) is 0.747. The van der Waals surface area contributed by atoms with Crippen LogP contribution in [0.3, 0.4) is 0 Å². The van der Waals surface area contributed by atoms with E-state index in [1.165, 1.54) is 7.11 Å². The van der Waals surface area contributed by atoms with Crippen LogP contribution in [0.15, 0.2) is 18.2 Å². The van der Waals surface area contributed by atoms with Gasteiger partial charge in [0.15, 0.2) is 0 Å². The summed E-state index contributed by atoms with van der Waals surface area (Å²) in [5, 5.41) is 1.58. The minimum atomic E-state index is -0.370. The minimum Gasteiger partial charge on any atom is -0.465 e. The van der Waals surface area contributed by atoms with Gasteiger partial charge in [-0.15, -0.1) is 0 Å². The fraction of sp³-hybridized carbons (Fsp3) is 0.333. The third-order valence-electron chi connectivity index (χ3n) is 3.63.